The summed E-state index contributed by atoms with van der Waals surface area (Å²) in [4.78, 5) is 10.2. The van der Waals surface area contributed by atoms with E-state index in [1.807, 2.05) is 24.3 Å². The average Bonchev–Trinajstić information content (AvgIpc) is 2.68. The lowest BCUT2D eigenvalue weighted by Gasteiger charge is -2.32. The molecule has 2 aromatic rings. The van der Waals surface area contributed by atoms with Crippen LogP contribution in [0, 0.1) is 10.1 Å². The third-order valence-corrected chi connectivity index (χ3v) is 7.00. The topological polar surface area (TPSA) is 89.8 Å². The minimum atomic E-state index is -3.82. The van der Waals surface area contributed by atoms with Gasteiger partial charge in [-0.2, -0.15) is 4.31 Å². The largest absolute Gasteiger partial charge is 0.496 e. The van der Waals surface area contributed by atoms with Crippen molar-refractivity contribution in [3.63, 3.8) is 0 Å². The standard InChI is InChI=1S/C18H19ClN2O5S/c1-26-18-5-3-2-4-15(18)13-8-10-20(11-9-13)27(24,25)14-6-7-16(19)17(12-14)21(22)23/h2-7,12-13H,8-11H2,1H3. The van der Waals surface area contributed by atoms with Crippen LogP contribution in [-0.2, 0) is 10.0 Å². The minimum absolute atomic E-state index is 0.0890. The number of benzene rings is 2. The summed E-state index contributed by atoms with van der Waals surface area (Å²) in [6.07, 6.45) is 1.30. The van der Waals surface area contributed by atoms with E-state index in [-0.39, 0.29) is 15.8 Å². The molecule has 1 saturated heterocycles. The Hall–Kier alpha value is -2.16. The van der Waals surface area contributed by atoms with Gasteiger partial charge in [-0.05, 0) is 42.5 Å². The summed E-state index contributed by atoms with van der Waals surface area (Å²) in [5.74, 6) is 0.999. The fourth-order valence-corrected chi connectivity index (χ4v) is 5.03. The molecular formula is C18H19ClN2O5S. The predicted molar refractivity (Wildman–Crippen MR) is 102 cm³/mol. The Balaban J connectivity index is 1.79. The van der Waals surface area contributed by atoms with E-state index >= 15 is 0 Å². The fourth-order valence-electron chi connectivity index (χ4n) is 3.35. The quantitative estimate of drug-likeness (QED) is 0.552. The van der Waals surface area contributed by atoms with E-state index in [0.29, 0.717) is 25.9 Å². The second-order valence-electron chi connectivity index (χ2n) is 6.29. The van der Waals surface area contributed by atoms with Crippen molar-refractivity contribution in [1.29, 1.82) is 0 Å². The zero-order chi connectivity index (χ0) is 19.6. The maximum absolute atomic E-state index is 12.9. The number of rotatable bonds is 5. The number of hydrogen-bond donors (Lipinski definition) is 0. The summed E-state index contributed by atoms with van der Waals surface area (Å²) in [5.41, 5.74) is 0.654. The normalized spacial score (nSPS) is 16.2. The number of nitro groups is 1. The van der Waals surface area contributed by atoms with Gasteiger partial charge < -0.3 is 4.74 Å². The van der Waals surface area contributed by atoms with Crippen molar-refractivity contribution in [2.75, 3.05) is 20.2 Å². The molecule has 9 heteroatoms. The lowest BCUT2D eigenvalue weighted by atomic mass is 9.89. The lowest BCUT2D eigenvalue weighted by molar-refractivity contribution is -0.384. The van der Waals surface area contributed by atoms with Crippen molar-refractivity contribution in [1.82, 2.24) is 4.31 Å². The van der Waals surface area contributed by atoms with Gasteiger partial charge in [0.2, 0.25) is 10.0 Å². The minimum Gasteiger partial charge on any atom is -0.496 e. The summed E-state index contributed by atoms with van der Waals surface area (Å²) in [5, 5.41) is 10.9. The first-order chi connectivity index (χ1) is 12.8. The van der Waals surface area contributed by atoms with Crippen LogP contribution in [0.5, 0.6) is 5.75 Å². The van der Waals surface area contributed by atoms with Crippen LogP contribution in [0.15, 0.2) is 47.4 Å². The van der Waals surface area contributed by atoms with E-state index in [1.165, 1.54) is 16.4 Å². The highest BCUT2D eigenvalue weighted by Crippen LogP contribution is 2.36. The summed E-state index contributed by atoms with van der Waals surface area (Å²) in [6.45, 7) is 0.670. The molecule has 3 rings (SSSR count). The number of methoxy groups -OCH3 is 1. The Bertz CT molecular complexity index is 956. The molecule has 0 aliphatic carbocycles. The van der Waals surface area contributed by atoms with Gasteiger partial charge in [-0.25, -0.2) is 8.42 Å². The molecule has 1 aliphatic rings. The summed E-state index contributed by atoms with van der Waals surface area (Å²) >= 11 is 5.78. The second kappa shape index (κ2) is 7.84. The Labute approximate surface area is 162 Å². The molecule has 1 fully saturated rings. The molecule has 144 valence electrons. The van der Waals surface area contributed by atoms with Crippen molar-refractivity contribution in [3.8, 4) is 5.75 Å². The highest BCUT2D eigenvalue weighted by atomic mass is 35.5. The van der Waals surface area contributed by atoms with Crippen LogP contribution < -0.4 is 4.74 Å². The van der Waals surface area contributed by atoms with Crippen LogP contribution in [0.25, 0.3) is 0 Å². The molecule has 0 radical (unpaired) electrons. The summed E-state index contributed by atoms with van der Waals surface area (Å²) in [6, 6.07) is 11.3. The van der Waals surface area contributed by atoms with Gasteiger partial charge in [0.1, 0.15) is 10.8 Å². The van der Waals surface area contributed by atoms with E-state index < -0.39 is 20.6 Å². The lowest BCUT2D eigenvalue weighted by Crippen LogP contribution is -2.38. The number of sulfonamides is 1. The number of nitro benzene ring substituents is 1. The maximum atomic E-state index is 12.9. The highest BCUT2D eigenvalue weighted by Gasteiger charge is 2.32. The Morgan fingerprint density at radius 3 is 2.48 bits per heavy atom. The van der Waals surface area contributed by atoms with Crippen molar-refractivity contribution >= 4 is 27.3 Å². The molecular weight excluding hydrogens is 392 g/mol. The van der Waals surface area contributed by atoms with Gasteiger partial charge in [-0.1, -0.05) is 29.8 Å². The zero-order valence-electron chi connectivity index (χ0n) is 14.7. The van der Waals surface area contributed by atoms with E-state index in [1.54, 1.807) is 7.11 Å². The zero-order valence-corrected chi connectivity index (χ0v) is 16.2. The van der Waals surface area contributed by atoms with Crippen LogP contribution in [0.3, 0.4) is 0 Å². The highest BCUT2D eigenvalue weighted by molar-refractivity contribution is 7.89. The molecule has 1 aliphatic heterocycles. The molecule has 0 aromatic heterocycles. The van der Waals surface area contributed by atoms with Gasteiger partial charge in [0, 0.05) is 19.2 Å². The molecule has 0 atom stereocenters. The van der Waals surface area contributed by atoms with Crippen molar-refractivity contribution in [2.45, 2.75) is 23.7 Å². The number of para-hydroxylation sites is 1. The first-order valence-corrected chi connectivity index (χ1v) is 10.2. The molecule has 0 spiro atoms. The Kier molecular flexibility index (Phi) is 5.69. The average molecular weight is 411 g/mol. The number of ether oxygens (including phenoxy) is 1. The molecule has 0 unspecified atom stereocenters. The predicted octanol–water partition coefficient (Wildman–Crippen LogP) is 3.83. The number of hydrogen-bond acceptors (Lipinski definition) is 5. The van der Waals surface area contributed by atoms with Gasteiger partial charge >= 0.3 is 0 Å². The third kappa shape index (κ3) is 3.92. The van der Waals surface area contributed by atoms with Crippen LogP contribution in [-0.4, -0.2) is 37.8 Å². The first kappa shape index (κ1) is 19.6. The SMILES string of the molecule is COc1ccccc1C1CCN(S(=O)(=O)c2ccc(Cl)c([N+](=O)[O-])c2)CC1. The monoisotopic (exact) mass is 410 g/mol. The van der Waals surface area contributed by atoms with Crippen LogP contribution in [0.4, 0.5) is 5.69 Å². The molecule has 2 aromatic carbocycles. The molecule has 7 nitrogen and oxygen atoms in total. The summed E-state index contributed by atoms with van der Waals surface area (Å²) in [7, 11) is -2.20. The second-order valence-corrected chi connectivity index (χ2v) is 8.64. The molecule has 0 amide bonds. The van der Waals surface area contributed by atoms with Gasteiger partial charge in [0.25, 0.3) is 5.69 Å². The molecule has 1 heterocycles. The van der Waals surface area contributed by atoms with E-state index in [2.05, 4.69) is 0 Å². The molecule has 0 bridgehead atoms. The first-order valence-electron chi connectivity index (χ1n) is 8.41. The van der Waals surface area contributed by atoms with Gasteiger partial charge in [0.15, 0.2) is 0 Å². The number of piperidine rings is 1. The number of halogens is 1. The number of nitrogens with zero attached hydrogens (tertiary/aromatic N) is 2. The van der Waals surface area contributed by atoms with E-state index in [9.17, 15) is 18.5 Å². The fraction of sp³-hybridized carbons (Fsp3) is 0.333. The van der Waals surface area contributed by atoms with E-state index in [4.69, 9.17) is 16.3 Å². The van der Waals surface area contributed by atoms with Gasteiger partial charge in [-0.15, -0.1) is 0 Å². The van der Waals surface area contributed by atoms with E-state index in [0.717, 1.165) is 17.4 Å². The van der Waals surface area contributed by atoms with Crippen molar-refractivity contribution in [2.24, 2.45) is 0 Å². The van der Waals surface area contributed by atoms with Crippen LogP contribution >= 0.6 is 11.6 Å². The van der Waals surface area contributed by atoms with Crippen LogP contribution in [0.1, 0.15) is 24.3 Å². The third-order valence-electron chi connectivity index (χ3n) is 4.78. The van der Waals surface area contributed by atoms with Gasteiger partial charge in [0.05, 0.1) is 16.9 Å². The summed E-state index contributed by atoms with van der Waals surface area (Å²) < 4.78 is 32.5. The Morgan fingerprint density at radius 2 is 1.85 bits per heavy atom. The van der Waals surface area contributed by atoms with Gasteiger partial charge in [-0.3, -0.25) is 10.1 Å². The molecule has 0 N–H and O–H groups in total. The Morgan fingerprint density at radius 1 is 1.19 bits per heavy atom. The molecule has 0 saturated carbocycles. The smallest absolute Gasteiger partial charge is 0.289 e. The molecule has 27 heavy (non-hydrogen) atoms. The van der Waals surface area contributed by atoms with Crippen molar-refractivity contribution in [3.05, 3.63) is 63.2 Å². The van der Waals surface area contributed by atoms with Crippen molar-refractivity contribution < 1.29 is 18.1 Å². The maximum Gasteiger partial charge on any atom is 0.289 e. The van der Waals surface area contributed by atoms with Crippen LogP contribution in [0.2, 0.25) is 5.02 Å².